The summed E-state index contributed by atoms with van der Waals surface area (Å²) in [4.78, 5) is 25.0. The fourth-order valence-electron chi connectivity index (χ4n) is 3.42. The van der Waals surface area contributed by atoms with Crippen LogP contribution in [0.15, 0.2) is 70.2 Å². The van der Waals surface area contributed by atoms with Crippen LogP contribution in [0.1, 0.15) is 30.5 Å². The Morgan fingerprint density at radius 2 is 1.87 bits per heavy atom. The van der Waals surface area contributed by atoms with Gasteiger partial charge in [-0.2, -0.15) is 10.2 Å². The standard InChI is InChI=1S/C23H22BrN5O2/c1-16-14-21(29(26-16)19-9-5-8-18(24)15-19)25-22(30)10-11-23(31)28-13-12-20(27-28)17-6-3-2-4-7-17/h2-9,14-15H,10-13H2,1H3,(H,25,30). The van der Waals surface area contributed by atoms with E-state index in [0.717, 1.165) is 27.1 Å². The molecular weight excluding hydrogens is 458 g/mol. The van der Waals surface area contributed by atoms with E-state index in [9.17, 15) is 9.59 Å². The molecule has 4 rings (SSSR count). The Balaban J connectivity index is 1.36. The van der Waals surface area contributed by atoms with Gasteiger partial charge < -0.3 is 5.32 Å². The van der Waals surface area contributed by atoms with Crippen molar-refractivity contribution in [3.05, 3.63) is 76.4 Å². The van der Waals surface area contributed by atoms with Gasteiger partial charge in [0.25, 0.3) is 0 Å². The number of anilines is 1. The lowest BCUT2D eigenvalue weighted by Gasteiger charge is -2.12. The van der Waals surface area contributed by atoms with Gasteiger partial charge in [0.2, 0.25) is 11.8 Å². The molecule has 8 heteroatoms. The smallest absolute Gasteiger partial charge is 0.243 e. The first-order chi connectivity index (χ1) is 15.0. The lowest BCUT2D eigenvalue weighted by atomic mass is 10.1. The second-order valence-electron chi connectivity index (χ2n) is 7.29. The van der Waals surface area contributed by atoms with Gasteiger partial charge in [-0.25, -0.2) is 9.69 Å². The zero-order valence-electron chi connectivity index (χ0n) is 17.1. The summed E-state index contributed by atoms with van der Waals surface area (Å²) in [5, 5.41) is 13.2. The predicted molar refractivity (Wildman–Crippen MR) is 123 cm³/mol. The number of benzene rings is 2. The van der Waals surface area contributed by atoms with Gasteiger partial charge in [0, 0.05) is 29.8 Å². The van der Waals surface area contributed by atoms with Crippen molar-refractivity contribution in [3.63, 3.8) is 0 Å². The highest BCUT2D eigenvalue weighted by Crippen LogP contribution is 2.21. The summed E-state index contributed by atoms with van der Waals surface area (Å²) in [5.41, 5.74) is 3.53. The Bertz CT molecular complexity index is 1140. The number of nitrogens with one attached hydrogen (secondary N) is 1. The summed E-state index contributed by atoms with van der Waals surface area (Å²) in [6.45, 7) is 2.41. The van der Waals surface area contributed by atoms with Crippen molar-refractivity contribution in [2.24, 2.45) is 5.10 Å². The maximum absolute atomic E-state index is 12.5. The van der Waals surface area contributed by atoms with E-state index in [1.165, 1.54) is 5.01 Å². The third-order valence-corrected chi connectivity index (χ3v) is 5.41. The number of hydrogen-bond acceptors (Lipinski definition) is 4. The van der Waals surface area contributed by atoms with Crippen LogP contribution < -0.4 is 5.32 Å². The fourth-order valence-corrected chi connectivity index (χ4v) is 3.81. The second kappa shape index (κ2) is 9.26. The molecule has 7 nitrogen and oxygen atoms in total. The third kappa shape index (κ3) is 5.08. The molecule has 1 aliphatic heterocycles. The number of aromatic nitrogens is 2. The Hall–Kier alpha value is -3.26. The summed E-state index contributed by atoms with van der Waals surface area (Å²) in [7, 11) is 0. The molecule has 0 unspecified atom stereocenters. The van der Waals surface area contributed by atoms with Gasteiger partial charge in [0.1, 0.15) is 5.82 Å². The average Bonchev–Trinajstić information content (AvgIpc) is 3.40. The molecule has 1 aromatic heterocycles. The molecule has 2 aromatic carbocycles. The predicted octanol–water partition coefficient (Wildman–Crippen LogP) is 4.30. The van der Waals surface area contributed by atoms with Crippen molar-refractivity contribution in [1.82, 2.24) is 14.8 Å². The number of aryl methyl sites for hydroxylation is 1. The Morgan fingerprint density at radius 3 is 2.65 bits per heavy atom. The molecule has 2 heterocycles. The van der Waals surface area contributed by atoms with E-state index < -0.39 is 0 Å². The van der Waals surface area contributed by atoms with Crippen LogP contribution in [0.3, 0.4) is 0 Å². The number of nitrogens with zero attached hydrogens (tertiary/aromatic N) is 4. The summed E-state index contributed by atoms with van der Waals surface area (Å²) in [6, 6.07) is 19.3. The highest BCUT2D eigenvalue weighted by Gasteiger charge is 2.22. The van der Waals surface area contributed by atoms with Crippen molar-refractivity contribution in [1.29, 1.82) is 0 Å². The average molecular weight is 480 g/mol. The largest absolute Gasteiger partial charge is 0.311 e. The van der Waals surface area contributed by atoms with E-state index in [1.807, 2.05) is 61.5 Å². The van der Waals surface area contributed by atoms with Crippen LogP contribution in [0.25, 0.3) is 5.69 Å². The molecule has 0 saturated carbocycles. The van der Waals surface area contributed by atoms with Crippen LogP contribution in [0.5, 0.6) is 0 Å². The highest BCUT2D eigenvalue weighted by atomic mass is 79.9. The maximum Gasteiger partial charge on any atom is 0.243 e. The second-order valence-corrected chi connectivity index (χ2v) is 8.21. The van der Waals surface area contributed by atoms with E-state index in [-0.39, 0.29) is 24.7 Å². The van der Waals surface area contributed by atoms with Gasteiger partial charge in [-0.15, -0.1) is 0 Å². The van der Waals surface area contributed by atoms with E-state index in [2.05, 4.69) is 31.4 Å². The SMILES string of the molecule is Cc1cc(NC(=O)CCC(=O)N2CCC(c3ccccc3)=N2)n(-c2cccc(Br)c2)n1. The first kappa shape index (κ1) is 21.0. The number of carbonyl (C=O) groups is 2. The van der Waals surface area contributed by atoms with Crippen LogP contribution in [0.4, 0.5) is 5.82 Å². The number of amides is 2. The number of carbonyl (C=O) groups excluding carboxylic acids is 2. The minimum atomic E-state index is -0.240. The summed E-state index contributed by atoms with van der Waals surface area (Å²) < 4.78 is 2.60. The van der Waals surface area contributed by atoms with Crippen LogP contribution in [-0.2, 0) is 9.59 Å². The number of rotatable bonds is 6. The van der Waals surface area contributed by atoms with Crippen molar-refractivity contribution >= 4 is 39.3 Å². The van der Waals surface area contributed by atoms with E-state index in [1.54, 1.807) is 10.7 Å². The molecule has 3 aromatic rings. The van der Waals surface area contributed by atoms with Crippen LogP contribution in [0, 0.1) is 6.92 Å². The van der Waals surface area contributed by atoms with Gasteiger partial charge in [0.05, 0.1) is 23.6 Å². The van der Waals surface area contributed by atoms with Gasteiger partial charge in [0.15, 0.2) is 0 Å². The first-order valence-electron chi connectivity index (χ1n) is 10.1. The highest BCUT2D eigenvalue weighted by molar-refractivity contribution is 9.10. The van der Waals surface area contributed by atoms with Crippen LogP contribution in [-0.4, -0.2) is 38.9 Å². The molecule has 0 radical (unpaired) electrons. The summed E-state index contributed by atoms with van der Waals surface area (Å²) in [6.07, 6.45) is 0.892. The topological polar surface area (TPSA) is 79.6 Å². The molecule has 1 N–H and O–H groups in total. The van der Waals surface area contributed by atoms with Crippen LogP contribution >= 0.6 is 15.9 Å². The maximum atomic E-state index is 12.5. The molecule has 31 heavy (non-hydrogen) atoms. The molecule has 0 saturated heterocycles. The normalized spacial score (nSPS) is 13.2. The van der Waals surface area contributed by atoms with Crippen molar-refractivity contribution in [2.75, 3.05) is 11.9 Å². The van der Waals surface area contributed by atoms with Gasteiger partial charge in [-0.3, -0.25) is 9.59 Å². The minimum Gasteiger partial charge on any atom is -0.311 e. The lowest BCUT2D eigenvalue weighted by Crippen LogP contribution is -2.25. The van der Waals surface area contributed by atoms with E-state index >= 15 is 0 Å². The van der Waals surface area contributed by atoms with E-state index in [0.29, 0.717) is 18.8 Å². The molecular formula is C23H22BrN5O2. The summed E-state index contributed by atoms with van der Waals surface area (Å²) >= 11 is 3.45. The van der Waals surface area contributed by atoms with Gasteiger partial charge >= 0.3 is 0 Å². The zero-order chi connectivity index (χ0) is 21.8. The summed E-state index contributed by atoms with van der Waals surface area (Å²) in [5.74, 6) is 0.173. The monoisotopic (exact) mass is 479 g/mol. The Kier molecular flexibility index (Phi) is 6.27. The molecule has 0 atom stereocenters. The van der Waals surface area contributed by atoms with E-state index in [4.69, 9.17) is 0 Å². The fraction of sp³-hybridized carbons (Fsp3) is 0.217. The van der Waals surface area contributed by atoms with Crippen molar-refractivity contribution in [2.45, 2.75) is 26.2 Å². The van der Waals surface area contributed by atoms with Crippen molar-refractivity contribution in [3.8, 4) is 5.69 Å². The molecule has 158 valence electrons. The number of hydrogen-bond donors (Lipinski definition) is 1. The third-order valence-electron chi connectivity index (χ3n) is 4.91. The van der Waals surface area contributed by atoms with Crippen LogP contribution in [0.2, 0.25) is 0 Å². The number of hydrazone groups is 1. The van der Waals surface area contributed by atoms with Gasteiger partial charge in [-0.05, 0) is 30.7 Å². The molecule has 2 amide bonds. The Labute approximate surface area is 188 Å². The minimum absolute atomic E-state index is 0.0776. The van der Waals surface area contributed by atoms with Gasteiger partial charge in [-0.1, -0.05) is 52.3 Å². The Morgan fingerprint density at radius 1 is 1.06 bits per heavy atom. The first-order valence-corrected chi connectivity index (χ1v) is 10.8. The molecule has 0 aliphatic carbocycles. The molecule has 1 aliphatic rings. The molecule has 0 bridgehead atoms. The number of halogens is 1. The zero-order valence-corrected chi connectivity index (χ0v) is 18.7. The molecule has 0 fully saturated rings. The van der Waals surface area contributed by atoms with Crippen molar-refractivity contribution < 1.29 is 9.59 Å². The quantitative estimate of drug-likeness (QED) is 0.572. The lowest BCUT2D eigenvalue weighted by molar-refractivity contribution is -0.132. The molecule has 0 spiro atoms.